The van der Waals surface area contributed by atoms with E-state index in [1.54, 1.807) is 23.9 Å². The molecule has 0 bridgehead atoms. The van der Waals surface area contributed by atoms with E-state index >= 15 is 0 Å². The molecule has 3 nitrogen and oxygen atoms in total. The number of carbonyl (C=O) groups is 1. The van der Waals surface area contributed by atoms with Gasteiger partial charge in [0.15, 0.2) is 0 Å². The molecule has 0 atom stereocenters. The Kier molecular flexibility index (Phi) is 4.28. The van der Waals surface area contributed by atoms with Crippen LogP contribution in [0.25, 0.3) is 0 Å². The van der Waals surface area contributed by atoms with Crippen molar-refractivity contribution < 1.29 is 4.79 Å². The summed E-state index contributed by atoms with van der Waals surface area (Å²) in [7, 11) is 0. The molecule has 2 rings (SSSR count). The number of primary amides is 1. The first-order chi connectivity index (χ1) is 9.77. The number of hydrogen-bond donors (Lipinski definition) is 2. The van der Waals surface area contributed by atoms with Crippen LogP contribution < -0.4 is 11.5 Å². The Morgan fingerprint density at radius 1 is 1.00 bits per heavy atom. The van der Waals surface area contributed by atoms with Crippen LogP contribution >= 0.6 is 11.8 Å². The monoisotopic (exact) mass is 300 g/mol. The van der Waals surface area contributed by atoms with E-state index < -0.39 is 5.91 Å². The third kappa shape index (κ3) is 3.79. The Hall–Kier alpha value is -1.94. The van der Waals surface area contributed by atoms with Crippen molar-refractivity contribution in [3.8, 4) is 0 Å². The lowest BCUT2D eigenvalue weighted by atomic mass is 9.87. The normalized spacial score (nSPS) is 11.4. The zero-order chi connectivity index (χ0) is 15.6. The second kappa shape index (κ2) is 5.82. The molecule has 0 aliphatic heterocycles. The maximum absolute atomic E-state index is 11.3. The number of nitrogens with two attached hydrogens (primary N) is 2. The van der Waals surface area contributed by atoms with E-state index in [4.69, 9.17) is 11.5 Å². The molecule has 0 spiro atoms. The highest BCUT2D eigenvalue weighted by molar-refractivity contribution is 7.99. The number of amides is 1. The molecular formula is C17H20N2OS. The molecule has 0 saturated carbocycles. The molecule has 0 unspecified atom stereocenters. The van der Waals surface area contributed by atoms with Gasteiger partial charge in [0.2, 0.25) is 0 Å². The zero-order valence-corrected chi connectivity index (χ0v) is 13.3. The minimum absolute atomic E-state index is 0.142. The summed E-state index contributed by atoms with van der Waals surface area (Å²) in [4.78, 5) is 13.4. The Balaban J connectivity index is 2.22. The fourth-order valence-corrected chi connectivity index (χ4v) is 2.83. The average Bonchev–Trinajstić information content (AvgIpc) is 2.40. The summed E-state index contributed by atoms with van der Waals surface area (Å²) >= 11 is 1.58. The van der Waals surface area contributed by atoms with Crippen LogP contribution in [-0.4, -0.2) is 5.91 Å². The molecule has 2 aromatic carbocycles. The highest BCUT2D eigenvalue weighted by Crippen LogP contribution is 2.31. The van der Waals surface area contributed by atoms with Crippen LogP contribution in [0.2, 0.25) is 0 Å². The molecule has 0 radical (unpaired) electrons. The van der Waals surface area contributed by atoms with Crippen LogP contribution in [0.3, 0.4) is 0 Å². The summed E-state index contributed by atoms with van der Waals surface area (Å²) in [6.45, 7) is 6.57. The van der Waals surface area contributed by atoms with Gasteiger partial charge in [0, 0.05) is 15.5 Å². The molecule has 2 aromatic rings. The Labute approximate surface area is 129 Å². The van der Waals surface area contributed by atoms with Gasteiger partial charge in [-0.25, -0.2) is 0 Å². The van der Waals surface area contributed by atoms with E-state index in [0.717, 1.165) is 9.79 Å². The minimum atomic E-state index is -0.502. The third-order valence-electron chi connectivity index (χ3n) is 3.25. The van der Waals surface area contributed by atoms with Gasteiger partial charge in [-0.1, -0.05) is 44.7 Å². The number of nitrogen functional groups attached to an aromatic ring is 1. The lowest BCUT2D eigenvalue weighted by molar-refractivity contribution is 0.100. The lowest BCUT2D eigenvalue weighted by Crippen LogP contribution is -2.13. The van der Waals surface area contributed by atoms with Crippen molar-refractivity contribution in [1.29, 1.82) is 0 Å². The Bertz CT molecular complexity index is 657. The maximum atomic E-state index is 11.3. The minimum Gasteiger partial charge on any atom is -0.398 e. The summed E-state index contributed by atoms with van der Waals surface area (Å²) in [6.07, 6.45) is 0. The van der Waals surface area contributed by atoms with Gasteiger partial charge in [-0.05, 0) is 41.3 Å². The van der Waals surface area contributed by atoms with Gasteiger partial charge in [-0.2, -0.15) is 0 Å². The standard InChI is InChI=1S/C17H20N2OS/c1-17(2,3)11-4-6-12(7-5-11)21-13-8-9-15(18)14(10-13)16(19)20/h4-10H,18H2,1-3H3,(H2,19,20). The van der Waals surface area contributed by atoms with Crippen molar-refractivity contribution in [1.82, 2.24) is 0 Å². The Morgan fingerprint density at radius 2 is 1.57 bits per heavy atom. The van der Waals surface area contributed by atoms with Gasteiger partial charge in [-0.3, -0.25) is 4.79 Å². The van der Waals surface area contributed by atoms with Crippen LogP contribution in [0.5, 0.6) is 0 Å². The predicted molar refractivity (Wildman–Crippen MR) is 88.6 cm³/mol. The molecule has 4 N–H and O–H groups in total. The van der Waals surface area contributed by atoms with Gasteiger partial charge < -0.3 is 11.5 Å². The second-order valence-electron chi connectivity index (χ2n) is 5.99. The SMILES string of the molecule is CC(C)(C)c1ccc(Sc2ccc(N)c(C(N)=O)c2)cc1. The fourth-order valence-electron chi connectivity index (χ4n) is 1.97. The number of benzene rings is 2. The van der Waals surface area contributed by atoms with E-state index in [0.29, 0.717) is 11.3 Å². The first-order valence-corrected chi connectivity index (χ1v) is 7.57. The zero-order valence-electron chi connectivity index (χ0n) is 12.5. The molecule has 0 aliphatic rings. The van der Waals surface area contributed by atoms with Gasteiger partial charge in [0.1, 0.15) is 0 Å². The number of anilines is 1. The number of carbonyl (C=O) groups excluding carboxylic acids is 1. The van der Waals surface area contributed by atoms with E-state index in [1.165, 1.54) is 5.56 Å². The fraction of sp³-hybridized carbons (Fsp3) is 0.235. The van der Waals surface area contributed by atoms with Crippen LogP contribution in [0, 0.1) is 0 Å². The van der Waals surface area contributed by atoms with Crippen LogP contribution in [0.1, 0.15) is 36.7 Å². The second-order valence-corrected chi connectivity index (χ2v) is 7.14. The first-order valence-electron chi connectivity index (χ1n) is 6.75. The topological polar surface area (TPSA) is 69.1 Å². The van der Waals surface area contributed by atoms with Crippen molar-refractivity contribution >= 4 is 23.4 Å². The van der Waals surface area contributed by atoms with E-state index in [9.17, 15) is 4.79 Å². The summed E-state index contributed by atoms with van der Waals surface area (Å²) in [5.74, 6) is -0.502. The number of hydrogen-bond acceptors (Lipinski definition) is 3. The van der Waals surface area contributed by atoms with Crippen LogP contribution in [0.4, 0.5) is 5.69 Å². The smallest absolute Gasteiger partial charge is 0.250 e. The summed E-state index contributed by atoms with van der Waals surface area (Å²) < 4.78 is 0. The molecule has 0 heterocycles. The van der Waals surface area contributed by atoms with Gasteiger partial charge in [-0.15, -0.1) is 0 Å². The van der Waals surface area contributed by atoms with Crippen LogP contribution in [-0.2, 0) is 5.41 Å². The first kappa shape index (κ1) is 15.4. The van der Waals surface area contributed by atoms with E-state index in [2.05, 4.69) is 45.0 Å². The van der Waals surface area contributed by atoms with E-state index in [1.807, 2.05) is 6.07 Å². The van der Waals surface area contributed by atoms with Crippen molar-refractivity contribution in [2.45, 2.75) is 36.0 Å². The highest BCUT2D eigenvalue weighted by atomic mass is 32.2. The van der Waals surface area contributed by atoms with Crippen LogP contribution in [0.15, 0.2) is 52.3 Å². The predicted octanol–water partition coefficient (Wildman–Crippen LogP) is 3.82. The van der Waals surface area contributed by atoms with Crippen molar-refractivity contribution in [2.24, 2.45) is 5.73 Å². The summed E-state index contributed by atoms with van der Waals surface area (Å²) in [5.41, 5.74) is 13.3. The van der Waals surface area contributed by atoms with Crippen molar-refractivity contribution in [3.05, 3.63) is 53.6 Å². The largest absolute Gasteiger partial charge is 0.398 e. The molecular weight excluding hydrogens is 280 g/mol. The molecule has 0 saturated heterocycles. The van der Waals surface area contributed by atoms with Gasteiger partial charge >= 0.3 is 0 Å². The molecule has 4 heteroatoms. The van der Waals surface area contributed by atoms with Gasteiger partial charge in [0.25, 0.3) is 5.91 Å². The average molecular weight is 300 g/mol. The molecule has 0 fully saturated rings. The van der Waals surface area contributed by atoms with Crippen molar-refractivity contribution in [3.63, 3.8) is 0 Å². The van der Waals surface area contributed by atoms with E-state index in [-0.39, 0.29) is 5.41 Å². The molecule has 110 valence electrons. The van der Waals surface area contributed by atoms with Gasteiger partial charge in [0.05, 0.1) is 5.56 Å². The highest BCUT2D eigenvalue weighted by Gasteiger charge is 2.13. The maximum Gasteiger partial charge on any atom is 0.250 e. The quantitative estimate of drug-likeness (QED) is 0.847. The Morgan fingerprint density at radius 3 is 2.10 bits per heavy atom. The summed E-state index contributed by atoms with van der Waals surface area (Å²) in [6, 6.07) is 13.8. The van der Waals surface area contributed by atoms with Crippen molar-refractivity contribution in [2.75, 3.05) is 5.73 Å². The lowest BCUT2D eigenvalue weighted by Gasteiger charge is -2.19. The molecule has 0 aromatic heterocycles. The molecule has 21 heavy (non-hydrogen) atoms. The summed E-state index contributed by atoms with van der Waals surface area (Å²) in [5, 5.41) is 0. The third-order valence-corrected chi connectivity index (χ3v) is 4.24. The molecule has 1 amide bonds. The number of rotatable bonds is 3. The molecule has 0 aliphatic carbocycles.